The molecule has 0 N–H and O–H groups in total. The molecule has 0 saturated carbocycles. The number of nitrogens with zero attached hydrogens (tertiary/aromatic N) is 2. The standard InChI is InChI=1S/C14H23N2OPS3/c1-5-11-21-18(19,17-6-2)16(3)12-15-13-7-9-14(20-4)10-8-13/h7-10,12H,5-6,11H2,1-4H3. The van der Waals surface area contributed by atoms with Crippen LogP contribution in [-0.2, 0) is 16.3 Å². The Hall–Kier alpha value is -0.0000000000000000555. The summed E-state index contributed by atoms with van der Waals surface area (Å²) in [7, 11) is 1.96. The van der Waals surface area contributed by atoms with Gasteiger partial charge in [0.2, 0.25) is 5.62 Å². The van der Waals surface area contributed by atoms with E-state index in [4.69, 9.17) is 16.3 Å². The quantitative estimate of drug-likeness (QED) is 0.253. The molecule has 0 fully saturated rings. The van der Waals surface area contributed by atoms with E-state index in [1.165, 1.54) is 4.90 Å². The molecule has 0 aliphatic heterocycles. The van der Waals surface area contributed by atoms with Gasteiger partial charge in [0.15, 0.2) is 0 Å². The summed E-state index contributed by atoms with van der Waals surface area (Å²) < 4.78 is 7.81. The van der Waals surface area contributed by atoms with Gasteiger partial charge in [0.25, 0.3) is 0 Å². The van der Waals surface area contributed by atoms with Crippen molar-refractivity contribution < 1.29 is 4.52 Å². The van der Waals surface area contributed by atoms with Crippen LogP contribution in [0.3, 0.4) is 0 Å². The lowest BCUT2D eigenvalue weighted by molar-refractivity contribution is 0.368. The Labute approximate surface area is 141 Å². The van der Waals surface area contributed by atoms with Gasteiger partial charge < -0.3 is 9.19 Å². The first-order chi connectivity index (χ1) is 10.1. The van der Waals surface area contributed by atoms with Crippen LogP contribution >= 0.6 is 28.8 Å². The smallest absolute Gasteiger partial charge is 0.213 e. The van der Waals surface area contributed by atoms with Gasteiger partial charge >= 0.3 is 0 Å². The van der Waals surface area contributed by atoms with Gasteiger partial charge in [0.05, 0.1) is 18.6 Å². The second-order valence-electron chi connectivity index (χ2n) is 4.24. The summed E-state index contributed by atoms with van der Waals surface area (Å²) in [4.78, 5) is 5.73. The Balaban J connectivity index is 2.76. The summed E-state index contributed by atoms with van der Waals surface area (Å²) in [5, 5.41) is 0. The average Bonchev–Trinajstić information content (AvgIpc) is 2.51. The van der Waals surface area contributed by atoms with E-state index in [9.17, 15) is 0 Å². The predicted octanol–water partition coefficient (Wildman–Crippen LogP) is 5.40. The Morgan fingerprint density at radius 3 is 2.52 bits per heavy atom. The van der Waals surface area contributed by atoms with Crippen LogP contribution in [-0.4, -0.2) is 36.7 Å². The average molecular weight is 363 g/mol. The lowest BCUT2D eigenvalue weighted by atomic mass is 10.3. The zero-order valence-corrected chi connectivity index (χ0v) is 16.3. The molecule has 1 aromatic rings. The Morgan fingerprint density at radius 2 is 2.00 bits per heavy atom. The largest absolute Gasteiger partial charge is 0.327 e. The van der Waals surface area contributed by atoms with Gasteiger partial charge in [-0.3, -0.25) is 0 Å². The van der Waals surface area contributed by atoms with Crippen LogP contribution in [0.5, 0.6) is 0 Å². The van der Waals surface area contributed by atoms with Gasteiger partial charge in [-0.25, -0.2) is 4.99 Å². The molecule has 1 rings (SSSR count). The van der Waals surface area contributed by atoms with Crippen LogP contribution in [0.2, 0.25) is 0 Å². The molecule has 0 aliphatic rings. The maximum Gasteiger partial charge on any atom is 0.213 e. The summed E-state index contributed by atoms with van der Waals surface area (Å²) in [5.41, 5.74) is -1.12. The number of thioether (sulfide) groups is 1. The molecule has 3 nitrogen and oxygen atoms in total. The summed E-state index contributed by atoms with van der Waals surface area (Å²) in [6.45, 7) is 4.77. The Kier molecular flexibility index (Phi) is 8.98. The molecule has 0 saturated heterocycles. The van der Waals surface area contributed by atoms with Crippen LogP contribution in [0.4, 0.5) is 5.69 Å². The molecule has 118 valence electrons. The first-order valence-corrected chi connectivity index (χ1v) is 12.3. The van der Waals surface area contributed by atoms with Crippen LogP contribution < -0.4 is 0 Å². The van der Waals surface area contributed by atoms with E-state index < -0.39 is 5.62 Å². The van der Waals surface area contributed by atoms with Crippen molar-refractivity contribution in [1.82, 2.24) is 4.67 Å². The van der Waals surface area contributed by atoms with Crippen molar-refractivity contribution in [1.29, 1.82) is 0 Å². The van der Waals surface area contributed by atoms with Crippen LogP contribution in [0.1, 0.15) is 20.3 Å². The van der Waals surface area contributed by atoms with E-state index in [2.05, 4.69) is 30.3 Å². The minimum absolute atomic E-state index is 0.634. The third kappa shape index (κ3) is 6.33. The van der Waals surface area contributed by atoms with Crippen molar-refractivity contribution in [2.75, 3.05) is 25.7 Å². The third-order valence-electron chi connectivity index (χ3n) is 2.58. The van der Waals surface area contributed by atoms with Gasteiger partial charge in [-0.2, -0.15) is 0 Å². The minimum Gasteiger partial charge on any atom is -0.327 e. The fourth-order valence-corrected chi connectivity index (χ4v) is 6.80. The molecule has 0 heterocycles. The molecule has 0 radical (unpaired) electrons. The van der Waals surface area contributed by atoms with E-state index in [1.807, 2.05) is 30.8 Å². The molecule has 0 aliphatic carbocycles. The molecule has 0 spiro atoms. The molecular weight excluding hydrogens is 339 g/mol. The molecule has 1 aromatic carbocycles. The normalized spacial score (nSPS) is 14.3. The molecule has 0 aromatic heterocycles. The van der Waals surface area contributed by atoms with E-state index >= 15 is 0 Å². The summed E-state index contributed by atoms with van der Waals surface area (Å²) >= 11 is 9.19. The zero-order chi connectivity index (χ0) is 15.7. The molecule has 21 heavy (non-hydrogen) atoms. The SMILES string of the molecule is CCCSP(=S)(OCC)N(C)C=Nc1ccc(SC)cc1. The van der Waals surface area contributed by atoms with Crippen molar-refractivity contribution in [2.45, 2.75) is 25.2 Å². The third-order valence-corrected chi connectivity index (χ3v) is 10.4. The number of rotatable bonds is 9. The van der Waals surface area contributed by atoms with Crippen LogP contribution in [0, 0.1) is 0 Å². The second kappa shape index (κ2) is 9.90. The first-order valence-electron chi connectivity index (χ1n) is 6.86. The van der Waals surface area contributed by atoms with Crippen molar-refractivity contribution in [2.24, 2.45) is 4.99 Å². The highest BCUT2D eigenvalue weighted by Gasteiger charge is 2.21. The highest BCUT2D eigenvalue weighted by atomic mass is 32.9. The van der Waals surface area contributed by atoms with E-state index in [0.29, 0.717) is 6.61 Å². The molecule has 0 amide bonds. The van der Waals surface area contributed by atoms with Gasteiger partial charge in [0.1, 0.15) is 0 Å². The number of benzene rings is 1. The minimum atomic E-state index is -2.05. The maximum atomic E-state index is 5.84. The van der Waals surface area contributed by atoms with Gasteiger partial charge in [0, 0.05) is 17.7 Å². The van der Waals surface area contributed by atoms with Crippen molar-refractivity contribution >= 4 is 52.6 Å². The summed E-state index contributed by atoms with van der Waals surface area (Å²) in [6.07, 6.45) is 4.96. The lowest BCUT2D eigenvalue weighted by Gasteiger charge is -2.28. The molecule has 1 unspecified atom stereocenters. The molecule has 7 heteroatoms. The molecule has 0 bridgehead atoms. The maximum absolute atomic E-state index is 5.84. The predicted molar refractivity (Wildman–Crippen MR) is 103 cm³/mol. The first kappa shape index (κ1) is 19.0. The number of hydrogen-bond donors (Lipinski definition) is 0. The zero-order valence-electron chi connectivity index (χ0n) is 13.0. The van der Waals surface area contributed by atoms with Crippen molar-refractivity contribution in [3.05, 3.63) is 24.3 Å². The van der Waals surface area contributed by atoms with Crippen molar-refractivity contribution in [3.63, 3.8) is 0 Å². The van der Waals surface area contributed by atoms with Crippen LogP contribution in [0.15, 0.2) is 34.2 Å². The molecule has 1 atom stereocenters. The highest BCUT2D eigenvalue weighted by Crippen LogP contribution is 2.61. The fraction of sp³-hybridized carbons (Fsp3) is 0.500. The summed E-state index contributed by atoms with van der Waals surface area (Å²) in [5.74, 6) is 1.01. The van der Waals surface area contributed by atoms with Gasteiger partial charge in [-0.05, 0) is 55.7 Å². The number of hydrogen-bond acceptors (Lipinski definition) is 5. The number of aliphatic imine (C=N–C) groups is 1. The molecular formula is C14H23N2OPS3. The van der Waals surface area contributed by atoms with Gasteiger partial charge in [-0.1, -0.05) is 18.3 Å². The van der Waals surface area contributed by atoms with E-state index in [1.54, 1.807) is 29.5 Å². The Morgan fingerprint density at radius 1 is 1.33 bits per heavy atom. The van der Waals surface area contributed by atoms with Crippen LogP contribution in [0.25, 0.3) is 0 Å². The van der Waals surface area contributed by atoms with E-state index in [-0.39, 0.29) is 0 Å². The fourth-order valence-electron chi connectivity index (χ4n) is 1.47. The highest BCUT2D eigenvalue weighted by molar-refractivity contribution is 8.68. The Bertz CT molecular complexity index is 493. The van der Waals surface area contributed by atoms with Gasteiger partial charge in [-0.15, -0.1) is 11.8 Å². The monoisotopic (exact) mass is 362 g/mol. The lowest BCUT2D eigenvalue weighted by Crippen LogP contribution is -2.13. The van der Waals surface area contributed by atoms with Crippen molar-refractivity contribution in [3.8, 4) is 0 Å². The topological polar surface area (TPSA) is 24.8 Å². The second-order valence-corrected chi connectivity index (χ2v) is 12.0. The summed E-state index contributed by atoms with van der Waals surface area (Å²) in [6, 6.07) is 8.17. The van der Waals surface area contributed by atoms with E-state index in [0.717, 1.165) is 17.9 Å².